The van der Waals surface area contributed by atoms with Crippen molar-refractivity contribution < 1.29 is 10.2 Å². The Labute approximate surface area is 127 Å². The van der Waals surface area contributed by atoms with E-state index in [4.69, 9.17) is 0 Å². The molecule has 0 spiro atoms. The Balaban J connectivity index is 4.48. The van der Waals surface area contributed by atoms with Gasteiger partial charge in [-0.3, -0.25) is 0 Å². The minimum absolute atomic E-state index is 0.229. The predicted octanol–water partition coefficient (Wildman–Crippen LogP) is 4.63. The molecule has 2 heteroatoms. The van der Waals surface area contributed by atoms with Gasteiger partial charge in [-0.2, -0.15) is 0 Å². The van der Waals surface area contributed by atoms with Crippen LogP contribution in [0.15, 0.2) is 0 Å². The fourth-order valence-corrected chi connectivity index (χ4v) is 3.61. The van der Waals surface area contributed by atoms with Crippen molar-refractivity contribution >= 4 is 0 Å². The molecule has 0 aromatic rings. The van der Waals surface area contributed by atoms with E-state index in [-0.39, 0.29) is 6.10 Å². The van der Waals surface area contributed by atoms with E-state index in [1.54, 1.807) is 0 Å². The highest BCUT2D eigenvalue weighted by molar-refractivity contribution is 4.83. The summed E-state index contributed by atoms with van der Waals surface area (Å²) in [6, 6.07) is 0. The maximum atomic E-state index is 10.9. The normalized spacial score (nSPS) is 16.2. The zero-order valence-corrected chi connectivity index (χ0v) is 14.8. The fourth-order valence-electron chi connectivity index (χ4n) is 3.61. The minimum atomic E-state index is -0.570. The van der Waals surface area contributed by atoms with Gasteiger partial charge in [0.2, 0.25) is 0 Å². The van der Waals surface area contributed by atoms with Crippen molar-refractivity contribution in [3.8, 4) is 0 Å². The summed E-state index contributed by atoms with van der Waals surface area (Å²) in [5, 5.41) is 21.0. The molecule has 122 valence electrons. The van der Waals surface area contributed by atoms with Crippen LogP contribution in [0.1, 0.15) is 80.6 Å². The summed E-state index contributed by atoms with van der Waals surface area (Å²) < 4.78 is 0. The first-order chi connectivity index (χ1) is 9.04. The van der Waals surface area contributed by atoms with E-state index < -0.39 is 5.60 Å². The molecule has 0 rings (SSSR count). The molecule has 2 atom stereocenters. The van der Waals surface area contributed by atoms with Crippen molar-refractivity contribution in [1.82, 2.24) is 0 Å². The number of hydrogen-bond donors (Lipinski definition) is 2. The molecule has 0 amide bonds. The molecule has 0 aromatic heterocycles. The average Bonchev–Trinajstić information content (AvgIpc) is 2.09. The molecule has 0 fully saturated rings. The third kappa shape index (κ3) is 9.77. The molecular weight excluding hydrogens is 248 g/mol. The van der Waals surface area contributed by atoms with Gasteiger partial charge in [0, 0.05) is 0 Å². The lowest BCUT2D eigenvalue weighted by Gasteiger charge is -2.34. The molecule has 2 nitrogen and oxygen atoms in total. The van der Waals surface area contributed by atoms with Crippen LogP contribution >= 0.6 is 0 Å². The first-order valence-corrected chi connectivity index (χ1v) is 8.44. The molecule has 0 saturated carbocycles. The molecule has 20 heavy (non-hydrogen) atoms. The van der Waals surface area contributed by atoms with Crippen LogP contribution in [-0.4, -0.2) is 21.9 Å². The average molecular weight is 286 g/mol. The fraction of sp³-hybridized carbons (Fsp3) is 1.00. The van der Waals surface area contributed by atoms with Gasteiger partial charge in [0.25, 0.3) is 0 Å². The summed E-state index contributed by atoms with van der Waals surface area (Å²) >= 11 is 0. The zero-order chi connectivity index (χ0) is 15.9. The van der Waals surface area contributed by atoms with Gasteiger partial charge >= 0.3 is 0 Å². The van der Waals surface area contributed by atoms with Gasteiger partial charge in [-0.25, -0.2) is 0 Å². The third-order valence-electron chi connectivity index (χ3n) is 3.72. The third-order valence-corrected chi connectivity index (χ3v) is 3.72. The second kappa shape index (κ2) is 9.04. The SMILES string of the molecule is CC(C)CC(O)CC(C)CC(O)(CC(C)C)CC(C)C. The van der Waals surface area contributed by atoms with Crippen LogP contribution in [0.4, 0.5) is 0 Å². The Kier molecular flexibility index (Phi) is 9.01. The Morgan fingerprint density at radius 2 is 1.15 bits per heavy atom. The van der Waals surface area contributed by atoms with Gasteiger partial charge in [0.15, 0.2) is 0 Å². The molecule has 0 aliphatic carbocycles. The molecule has 0 radical (unpaired) electrons. The minimum Gasteiger partial charge on any atom is -0.393 e. The summed E-state index contributed by atoms with van der Waals surface area (Å²) in [4.78, 5) is 0. The Morgan fingerprint density at radius 3 is 1.50 bits per heavy atom. The van der Waals surface area contributed by atoms with E-state index in [9.17, 15) is 10.2 Å². The molecular formula is C18H38O2. The monoisotopic (exact) mass is 286 g/mol. The Morgan fingerprint density at radius 1 is 0.700 bits per heavy atom. The van der Waals surface area contributed by atoms with Crippen molar-refractivity contribution in [3.05, 3.63) is 0 Å². The molecule has 0 aliphatic heterocycles. The van der Waals surface area contributed by atoms with E-state index >= 15 is 0 Å². The van der Waals surface area contributed by atoms with Crippen LogP contribution in [0.2, 0.25) is 0 Å². The summed E-state index contributed by atoms with van der Waals surface area (Å²) in [6.07, 6.45) is 3.95. The molecule has 0 aromatic carbocycles. The number of rotatable bonds is 10. The quantitative estimate of drug-likeness (QED) is 0.614. The first kappa shape index (κ1) is 19.9. The van der Waals surface area contributed by atoms with Crippen molar-refractivity contribution in [2.45, 2.75) is 92.3 Å². The van der Waals surface area contributed by atoms with Crippen molar-refractivity contribution in [3.63, 3.8) is 0 Å². The topological polar surface area (TPSA) is 40.5 Å². The highest BCUT2D eigenvalue weighted by atomic mass is 16.3. The maximum Gasteiger partial charge on any atom is 0.0655 e. The van der Waals surface area contributed by atoms with Crippen LogP contribution in [0, 0.1) is 23.7 Å². The van der Waals surface area contributed by atoms with Gasteiger partial charge in [0.05, 0.1) is 11.7 Å². The van der Waals surface area contributed by atoms with Crippen LogP contribution in [0.25, 0.3) is 0 Å². The van der Waals surface area contributed by atoms with Crippen molar-refractivity contribution in [2.24, 2.45) is 23.7 Å². The van der Waals surface area contributed by atoms with Gasteiger partial charge in [-0.05, 0) is 55.8 Å². The van der Waals surface area contributed by atoms with E-state index in [1.807, 2.05) is 0 Å². The van der Waals surface area contributed by atoms with Crippen molar-refractivity contribution in [2.75, 3.05) is 0 Å². The van der Waals surface area contributed by atoms with Gasteiger partial charge < -0.3 is 10.2 Å². The number of hydrogen-bond acceptors (Lipinski definition) is 2. The van der Waals surface area contributed by atoms with Crippen LogP contribution in [-0.2, 0) is 0 Å². The largest absolute Gasteiger partial charge is 0.393 e. The molecule has 2 N–H and O–H groups in total. The summed E-state index contributed by atoms with van der Waals surface area (Å²) in [5.41, 5.74) is -0.570. The lowest BCUT2D eigenvalue weighted by Crippen LogP contribution is -2.35. The second-order valence-corrected chi connectivity index (χ2v) is 8.25. The van der Waals surface area contributed by atoms with E-state index in [1.165, 1.54) is 0 Å². The predicted molar refractivity (Wildman–Crippen MR) is 87.7 cm³/mol. The molecule has 0 heterocycles. The number of aliphatic hydroxyl groups is 2. The summed E-state index contributed by atoms with van der Waals surface area (Å²) in [5.74, 6) is 1.91. The summed E-state index contributed by atoms with van der Waals surface area (Å²) in [7, 11) is 0. The van der Waals surface area contributed by atoms with Crippen molar-refractivity contribution in [1.29, 1.82) is 0 Å². The second-order valence-electron chi connectivity index (χ2n) is 8.25. The first-order valence-electron chi connectivity index (χ1n) is 8.44. The molecule has 0 aliphatic rings. The van der Waals surface area contributed by atoms with Crippen LogP contribution in [0.5, 0.6) is 0 Å². The number of aliphatic hydroxyl groups excluding tert-OH is 1. The molecule has 0 bridgehead atoms. The Bertz CT molecular complexity index is 236. The standard InChI is InChI=1S/C18H38O2/c1-13(2)8-17(19)9-16(7)12-18(20,10-14(3)4)11-15(5)6/h13-17,19-20H,8-12H2,1-7H3. The lowest BCUT2D eigenvalue weighted by atomic mass is 9.78. The summed E-state index contributed by atoms with van der Waals surface area (Å²) in [6.45, 7) is 15.1. The zero-order valence-electron chi connectivity index (χ0n) is 14.8. The smallest absolute Gasteiger partial charge is 0.0655 e. The van der Waals surface area contributed by atoms with E-state index in [0.29, 0.717) is 23.7 Å². The Hall–Kier alpha value is -0.0800. The lowest BCUT2D eigenvalue weighted by molar-refractivity contribution is -0.0248. The van der Waals surface area contributed by atoms with Gasteiger partial charge in [0.1, 0.15) is 0 Å². The van der Waals surface area contributed by atoms with Gasteiger partial charge in [-0.1, -0.05) is 48.5 Å². The highest BCUT2D eigenvalue weighted by Gasteiger charge is 2.31. The van der Waals surface area contributed by atoms with Gasteiger partial charge in [-0.15, -0.1) is 0 Å². The highest BCUT2D eigenvalue weighted by Crippen LogP contribution is 2.32. The maximum absolute atomic E-state index is 10.9. The van der Waals surface area contributed by atoms with E-state index in [0.717, 1.165) is 32.1 Å². The van der Waals surface area contributed by atoms with Crippen LogP contribution < -0.4 is 0 Å². The molecule has 0 saturated heterocycles. The van der Waals surface area contributed by atoms with E-state index in [2.05, 4.69) is 48.5 Å². The molecule has 2 unspecified atom stereocenters. The van der Waals surface area contributed by atoms with Crippen LogP contribution in [0.3, 0.4) is 0 Å².